The first-order valence-electron chi connectivity index (χ1n) is 10.0. The molecule has 3 aliphatic rings. The van der Waals surface area contributed by atoms with Gasteiger partial charge < -0.3 is 14.2 Å². The van der Waals surface area contributed by atoms with Crippen LogP contribution < -0.4 is 14.2 Å². The zero-order valence-corrected chi connectivity index (χ0v) is 17.4. The van der Waals surface area contributed by atoms with Crippen molar-refractivity contribution in [3.8, 4) is 17.2 Å². The maximum absolute atomic E-state index is 12.8. The molecule has 1 aromatic carbocycles. The highest BCUT2D eigenvalue weighted by Crippen LogP contribution is 2.56. The fraction of sp³-hybridized carbons (Fsp3) is 0.522. The maximum atomic E-state index is 12.8. The molecule has 5 nitrogen and oxygen atoms in total. The third-order valence-corrected chi connectivity index (χ3v) is 6.71. The lowest BCUT2D eigenvalue weighted by Crippen LogP contribution is -2.49. The number of allylic oxidation sites excluding steroid dienone is 3. The summed E-state index contributed by atoms with van der Waals surface area (Å²) in [7, 11) is 7.15. The zero-order valence-electron chi connectivity index (χ0n) is 17.4. The number of likely N-dealkylation sites (N-methyl/N-ethyl adjacent to an activating group) is 1. The van der Waals surface area contributed by atoms with E-state index >= 15 is 0 Å². The smallest absolute Gasteiger partial charge is 0.203 e. The van der Waals surface area contributed by atoms with E-state index in [2.05, 4.69) is 31.0 Å². The number of fused-ring (bicyclic) bond motifs is 1. The van der Waals surface area contributed by atoms with E-state index in [0.717, 1.165) is 49.1 Å². The van der Waals surface area contributed by atoms with Gasteiger partial charge in [0.2, 0.25) is 5.75 Å². The summed E-state index contributed by atoms with van der Waals surface area (Å²) in [6.07, 6.45) is 7.66. The van der Waals surface area contributed by atoms with Gasteiger partial charge in [-0.05, 0) is 68.1 Å². The van der Waals surface area contributed by atoms with Gasteiger partial charge in [-0.3, -0.25) is 9.69 Å². The van der Waals surface area contributed by atoms with Crippen LogP contribution in [0, 0.1) is 0 Å². The standard InChI is InChI=1S/C23H29NO4/c1-6-14-13-23-9-10-24(2)17(16(23)12-18(14)25)8-7-15-11-19(26-3)21(27-4)22(28-5)20(15)23/h11-13,17H,6-10H2,1-5H3/t17-,23+/m0/s1. The van der Waals surface area contributed by atoms with E-state index in [9.17, 15) is 4.79 Å². The Kier molecular flexibility index (Phi) is 4.74. The Labute approximate surface area is 167 Å². The van der Waals surface area contributed by atoms with Crippen molar-refractivity contribution in [1.82, 2.24) is 4.90 Å². The highest BCUT2D eigenvalue weighted by Gasteiger charge is 2.50. The number of likely N-dealkylation sites (tertiary alicyclic amines) is 1. The van der Waals surface area contributed by atoms with Crippen molar-refractivity contribution in [2.75, 3.05) is 34.9 Å². The zero-order chi connectivity index (χ0) is 20.1. The SMILES string of the molecule is CCC1=C[C@@]23CCN(C)[C@@H](CCc4cc(OC)c(OC)c(OC)c42)C3=CC1=O. The number of hydrogen-bond donors (Lipinski definition) is 0. The number of nitrogens with zero attached hydrogens (tertiary/aromatic N) is 1. The summed E-state index contributed by atoms with van der Waals surface area (Å²) < 4.78 is 17.2. The number of piperidine rings is 1. The minimum absolute atomic E-state index is 0.149. The summed E-state index contributed by atoms with van der Waals surface area (Å²) in [5, 5.41) is 0. The summed E-state index contributed by atoms with van der Waals surface area (Å²) in [6, 6.07) is 2.35. The summed E-state index contributed by atoms with van der Waals surface area (Å²) in [5.74, 6) is 2.19. The van der Waals surface area contributed by atoms with Gasteiger partial charge in [0.15, 0.2) is 17.3 Å². The van der Waals surface area contributed by atoms with Crippen molar-refractivity contribution >= 4 is 5.78 Å². The second-order valence-corrected chi connectivity index (χ2v) is 7.92. The van der Waals surface area contributed by atoms with Crippen LogP contribution in [-0.4, -0.2) is 51.6 Å². The lowest BCUT2D eigenvalue weighted by molar-refractivity contribution is -0.111. The van der Waals surface area contributed by atoms with E-state index in [1.807, 2.05) is 6.08 Å². The van der Waals surface area contributed by atoms with Gasteiger partial charge in [-0.15, -0.1) is 0 Å². The topological polar surface area (TPSA) is 48.0 Å². The number of benzene rings is 1. The summed E-state index contributed by atoms with van der Waals surface area (Å²) in [4.78, 5) is 15.2. The number of ether oxygens (including phenoxy) is 3. The molecular formula is C23H29NO4. The van der Waals surface area contributed by atoms with E-state index in [1.165, 1.54) is 11.1 Å². The number of carbonyl (C=O) groups is 1. The minimum atomic E-state index is -0.326. The van der Waals surface area contributed by atoms with Gasteiger partial charge in [0, 0.05) is 17.0 Å². The molecule has 0 spiro atoms. The van der Waals surface area contributed by atoms with Crippen molar-refractivity contribution in [3.63, 3.8) is 0 Å². The molecule has 0 saturated carbocycles. The molecule has 0 unspecified atom stereocenters. The Hall–Kier alpha value is -2.27. The third-order valence-electron chi connectivity index (χ3n) is 6.71. The van der Waals surface area contributed by atoms with Crippen LogP contribution >= 0.6 is 0 Å². The van der Waals surface area contributed by atoms with Crippen LogP contribution in [0.2, 0.25) is 0 Å². The molecule has 0 aromatic heterocycles. The molecule has 0 radical (unpaired) electrons. The molecule has 0 amide bonds. The predicted molar refractivity (Wildman–Crippen MR) is 109 cm³/mol. The number of aryl methyl sites for hydroxylation is 1. The third kappa shape index (κ3) is 2.52. The molecule has 1 aliphatic heterocycles. The molecule has 150 valence electrons. The van der Waals surface area contributed by atoms with Crippen molar-refractivity contribution < 1.29 is 19.0 Å². The quantitative estimate of drug-likeness (QED) is 0.797. The Bertz CT molecular complexity index is 885. The molecule has 1 saturated heterocycles. The van der Waals surface area contributed by atoms with Gasteiger partial charge >= 0.3 is 0 Å². The molecule has 28 heavy (non-hydrogen) atoms. The van der Waals surface area contributed by atoms with Crippen molar-refractivity contribution in [2.45, 2.75) is 44.1 Å². The highest BCUT2D eigenvalue weighted by molar-refractivity contribution is 6.06. The Morgan fingerprint density at radius 2 is 1.93 bits per heavy atom. The van der Waals surface area contributed by atoms with E-state index < -0.39 is 0 Å². The van der Waals surface area contributed by atoms with E-state index in [0.29, 0.717) is 11.5 Å². The fourth-order valence-corrected chi connectivity index (χ4v) is 5.35. The van der Waals surface area contributed by atoms with Crippen LogP contribution in [0.25, 0.3) is 0 Å². The lowest BCUT2D eigenvalue weighted by atomic mass is 9.63. The predicted octanol–water partition coefficient (Wildman–Crippen LogP) is 3.45. The molecule has 2 aliphatic carbocycles. The van der Waals surface area contributed by atoms with Gasteiger partial charge in [0.1, 0.15) is 0 Å². The average molecular weight is 383 g/mol. The van der Waals surface area contributed by atoms with Gasteiger partial charge in [-0.25, -0.2) is 0 Å². The second-order valence-electron chi connectivity index (χ2n) is 7.92. The summed E-state index contributed by atoms with van der Waals surface area (Å²) >= 11 is 0. The molecule has 2 bridgehead atoms. The maximum Gasteiger partial charge on any atom is 0.203 e. The van der Waals surface area contributed by atoms with Crippen LogP contribution in [0.1, 0.15) is 37.3 Å². The first-order chi connectivity index (χ1) is 13.5. The highest BCUT2D eigenvalue weighted by atomic mass is 16.5. The second kappa shape index (κ2) is 6.96. The molecule has 4 rings (SSSR count). The monoisotopic (exact) mass is 383 g/mol. The molecular weight excluding hydrogens is 354 g/mol. The number of rotatable bonds is 4. The number of hydrogen-bond acceptors (Lipinski definition) is 5. The summed E-state index contributed by atoms with van der Waals surface area (Å²) in [5.41, 5.74) is 4.13. The fourth-order valence-electron chi connectivity index (χ4n) is 5.35. The van der Waals surface area contributed by atoms with E-state index in [-0.39, 0.29) is 17.2 Å². The molecule has 1 heterocycles. The molecule has 5 heteroatoms. The van der Waals surface area contributed by atoms with Crippen LogP contribution in [0.5, 0.6) is 17.2 Å². The molecule has 2 atom stereocenters. The van der Waals surface area contributed by atoms with Crippen molar-refractivity contribution in [1.29, 1.82) is 0 Å². The average Bonchev–Trinajstić information content (AvgIpc) is 2.80. The lowest BCUT2D eigenvalue weighted by Gasteiger charge is -2.47. The summed E-state index contributed by atoms with van der Waals surface area (Å²) in [6.45, 7) is 3.02. The number of carbonyl (C=O) groups excluding carboxylic acids is 1. The van der Waals surface area contributed by atoms with Gasteiger partial charge in [0.05, 0.1) is 21.3 Å². The van der Waals surface area contributed by atoms with Crippen LogP contribution in [0.3, 0.4) is 0 Å². The van der Waals surface area contributed by atoms with Crippen molar-refractivity contribution in [2.24, 2.45) is 0 Å². The largest absolute Gasteiger partial charge is 0.493 e. The minimum Gasteiger partial charge on any atom is -0.493 e. The van der Waals surface area contributed by atoms with E-state index in [4.69, 9.17) is 14.2 Å². The van der Waals surface area contributed by atoms with Crippen LogP contribution in [0.4, 0.5) is 0 Å². The van der Waals surface area contributed by atoms with Crippen molar-refractivity contribution in [3.05, 3.63) is 40.5 Å². The Balaban J connectivity index is 2.08. The molecule has 1 fully saturated rings. The van der Waals surface area contributed by atoms with Crippen LogP contribution in [-0.2, 0) is 16.6 Å². The molecule has 1 aromatic rings. The first-order valence-corrected chi connectivity index (χ1v) is 10.0. The number of methoxy groups -OCH3 is 3. The number of ketones is 1. The van der Waals surface area contributed by atoms with Gasteiger partial charge in [-0.2, -0.15) is 0 Å². The molecule has 0 N–H and O–H groups in total. The Morgan fingerprint density at radius 3 is 2.57 bits per heavy atom. The van der Waals surface area contributed by atoms with Gasteiger partial charge in [0.25, 0.3) is 0 Å². The van der Waals surface area contributed by atoms with E-state index in [1.54, 1.807) is 21.3 Å². The Morgan fingerprint density at radius 1 is 1.18 bits per heavy atom. The van der Waals surface area contributed by atoms with Gasteiger partial charge in [-0.1, -0.05) is 13.0 Å². The normalized spacial score (nSPS) is 26.5. The first kappa shape index (κ1) is 19.1. The van der Waals surface area contributed by atoms with Crippen LogP contribution in [0.15, 0.2) is 29.4 Å².